The van der Waals surface area contributed by atoms with Gasteiger partial charge in [-0.1, -0.05) is 11.6 Å². The van der Waals surface area contributed by atoms with Gasteiger partial charge in [-0.15, -0.1) is 0 Å². The molecular weight excluding hydrogens is 300 g/mol. The minimum Gasteiger partial charge on any atom is -0.378 e. The van der Waals surface area contributed by atoms with Crippen molar-refractivity contribution in [2.24, 2.45) is 0 Å². The van der Waals surface area contributed by atoms with Gasteiger partial charge < -0.3 is 10.1 Å². The predicted octanol–water partition coefficient (Wildman–Crippen LogP) is 2.71. The van der Waals surface area contributed by atoms with Gasteiger partial charge in [-0.05, 0) is 29.3 Å². The molecule has 0 spiro atoms. The van der Waals surface area contributed by atoms with Crippen LogP contribution >= 0.6 is 11.6 Å². The third-order valence-corrected chi connectivity index (χ3v) is 4.06. The van der Waals surface area contributed by atoms with Crippen LogP contribution in [0.15, 0.2) is 43.1 Å². The Morgan fingerprint density at radius 2 is 2.18 bits per heavy atom. The SMILES string of the molecule is Clc1cc(-c2cnc3cncn3c2)cc(C2COCCN2)c1. The van der Waals surface area contributed by atoms with E-state index in [9.17, 15) is 0 Å². The van der Waals surface area contributed by atoms with Crippen molar-refractivity contribution in [3.63, 3.8) is 0 Å². The summed E-state index contributed by atoms with van der Waals surface area (Å²) in [6.45, 7) is 2.28. The fourth-order valence-corrected chi connectivity index (χ4v) is 2.97. The van der Waals surface area contributed by atoms with E-state index in [2.05, 4.69) is 21.4 Å². The Hall–Kier alpha value is -1.95. The van der Waals surface area contributed by atoms with Gasteiger partial charge in [-0.3, -0.25) is 4.40 Å². The molecule has 0 aliphatic carbocycles. The molecule has 6 heteroatoms. The highest BCUT2D eigenvalue weighted by atomic mass is 35.5. The molecule has 0 radical (unpaired) electrons. The molecule has 3 aromatic rings. The summed E-state index contributed by atoms with van der Waals surface area (Å²) in [5, 5.41) is 4.17. The number of rotatable bonds is 2. The number of aromatic nitrogens is 3. The minimum absolute atomic E-state index is 0.177. The summed E-state index contributed by atoms with van der Waals surface area (Å²) in [6.07, 6.45) is 7.33. The summed E-state index contributed by atoms with van der Waals surface area (Å²) < 4.78 is 7.44. The highest BCUT2D eigenvalue weighted by Gasteiger charge is 2.16. The molecule has 2 aromatic heterocycles. The van der Waals surface area contributed by atoms with Crippen molar-refractivity contribution in [3.05, 3.63) is 53.7 Å². The van der Waals surface area contributed by atoms with Gasteiger partial charge in [0, 0.05) is 29.5 Å². The van der Waals surface area contributed by atoms with Crippen molar-refractivity contribution in [1.82, 2.24) is 19.7 Å². The van der Waals surface area contributed by atoms with E-state index in [1.54, 1.807) is 12.5 Å². The molecule has 0 bridgehead atoms. The van der Waals surface area contributed by atoms with Crippen molar-refractivity contribution < 1.29 is 4.74 Å². The highest BCUT2D eigenvalue weighted by molar-refractivity contribution is 6.31. The Morgan fingerprint density at radius 1 is 1.23 bits per heavy atom. The van der Waals surface area contributed by atoms with Gasteiger partial charge in [0.25, 0.3) is 0 Å². The van der Waals surface area contributed by atoms with Gasteiger partial charge in [0.15, 0.2) is 5.65 Å². The molecule has 112 valence electrons. The molecule has 0 amide bonds. The number of morpholine rings is 1. The number of hydrogen-bond acceptors (Lipinski definition) is 4. The van der Waals surface area contributed by atoms with Crippen LogP contribution in [0.1, 0.15) is 11.6 Å². The zero-order valence-corrected chi connectivity index (χ0v) is 12.6. The van der Waals surface area contributed by atoms with Crippen molar-refractivity contribution in [2.75, 3.05) is 19.8 Å². The largest absolute Gasteiger partial charge is 0.378 e. The molecule has 0 saturated carbocycles. The number of nitrogens with one attached hydrogen (secondary N) is 1. The van der Waals surface area contributed by atoms with Gasteiger partial charge in [-0.2, -0.15) is 0 Å². The number of benzene rings is 1. The van der Waals surface area contributed by atoms with Crippen LogP contribution in [0, 0.1) is 0 Å². The average Bonchev–Trinajstić information content (AvgIpc) is 3.02. The molecule has 1 aromatic carbocycles. The van der Waals surface area contributed by atoms with E-state index in [1.807, 2.05) is 28.9 Å². The maximum atomic E-state index is 6.31. The number of halogens is 1. The highest BCUT2D eigenvalue weighted by Crippen LogP contribution is 2.28. The van der Waals surface area contributed by atoms with Crippen LogP contribution in [0.25, 0.3) is 16.8 Å². The van der Waals surface area contributed by atoms with Gasteiger partial charge in [0.1, 0.15) is 6.33 Å². The predicted molar refractivity (Wildman–Crippen MR) is 85.0 cm³/mol. The van der Waals surface area contributed by atoms with Crippen LogP contribution in [-0.2, 0) is 4.74 Å². The number of imidazole rings is 1. The van der Waals surface area contributed by atoms with Gasteiger partial charge in [-0.25, -0.2) is 9.97 Å². The van der Waals surface area contributed by atoms with E-state index in [0.717, 1.165) is 35.5 Å². The average molecular weight is 315 g/mol. The lowest BCUT2D eigenvalue weighted by molar-refractivity contribution is 0.0769. The Kier molecular flexibility index (Phi) is 3.54. The first-order valence-electron chi connectivity index (χ1n) is 7.19. The van der Waals surface area contributed by atoms with E-state index < -0.39 is 0 Å². The van der Waals surface area contributed by atoms with Crippen molar-refractivity contribution >= 4 is 17.2 Å². The lowest BCUT2D eigenvalue weighted by Crippen LogP contribution is -2.34. The second-order valence-electron chi connectivity index (χ2n) is 5.36. The third-order valence-electron chi connectivity index (χ3n) is 3.84. The maximum absolute atomic E-state index is 6.31. The summed E-state index contributed by atoms with van der Waals surface area (Å²) in [5.74, 6) is 0. The van der Waals surface area contributed by atoms with E-state index in [-0.39, 0.29) is 6.04 Å². The molecule has 1 atom stereocenters. The molecule has 5 nitrogen and oxygen atoms in total. The van der Waals surface area contributed by atoms with Crippen LogP contribution in [-0.4, -0.2) is 34.1 Å². The van der Waals surface area contributed by atoms with Crippen molar-refractivity contribution in [1.29, 1.82) is 0 Å². The first kappa shape index (κ1) is 13.7. The molecule has 22 heavy (non-hydrogen) atoms. The molecule has 1 saturated heterocycles. The van der Waals surface area contributed by atoms with Gasteiger partial charge in [0.05, 0.1) is 25.5 Å². The van der Waals surface area contributed by atoms with Crippen LogP contribution in [0.4, 0.5) is 0 Å². The molecular formula is C16H15ClN4O. The molecule has 4 rings (SSSR count). The zero-order valence-electron chi connectivity index (χ0n) is 11.9. The summed E-state index contributed by atoms with van der Waals surface area (Å²) >= 11 is 6.31. The second kappa shape index (κ2) is 5.68. The number of fused-ring (bicyclic) bond motifs is 1. The summed E-state index contributed by atoms with van der Waals surface area (Å²) in [6, 6.07) is 6.25. The van der Waals surface area contributed by atoms with Gasteiger partial charge >= 0.3 is 0 Å². The Balaban J connectivity index is 1.75. The summed E-state index contributed by atoms with van der Waals surface area (Å²) in [4.78, 5) is 8.50. The lowest BCUT2D eigenvalue weighted by Gasteiger charge is -2.24. The summed E-state index contributed by atoms with van der Waals surface area (Å²) in [7, 11) is 0. The fraction of sp³-hybridized carbons (Fsp3) is 0.250. The van der Waals surface area contributed by atoms with Crippen molar-refractivity contribution in [2.45, 2.75) is 6.04 Å². The molecule has 1 fully saturated rings. The first-order valence-corrected chi connectivity index (χ1v) is 7.57. The standard InChI is InChI=1S/C16H15ClN4O/c17-14-4-11(3-12(5-14)15-9-22-2-1-19-15)13-6-20-16-7-18-10-21(16)8-13/h3-8,10,15,19H,1-2,9H2. The van der Waals surface area contributed by atoms with E-state index in [4.69, 9.17) is 16.3 Å². The molecule has 3 heterocycles. The molecule has 1 aliphatic rings. The first-order chi connectivity index (χ1) is 10.8. The van der Waals surface area contributed by atoms with E-state index >= 15 is 0 Å². The Bertz CT molecular complexity index is 811. The third kappa shape index (κ3) is 2.59. The maximum Gasteiger partial charge on any atom is 0.156 e. The molecule has 1 N–H and O–H groups in total. The van der Waals surface area contributed by atoms with Crippen LogP contribution in [0.3, 0.4) is 0 Å². The van der Waals surface area contributed by atoms with Crippen molar-refractivity contribution in [3.8, 4) is 11.1 Å². The normalized spacial score (nSPS) is 18.7. The van der Waals surface area contributed by atoms with Crippen LogP contribution in [0.2, 0.25) is 5.02 Å². The topological polar surface area (TPSA) is 51.5 Å². The number of nitrogens with zero attached hydrogens (tertiary/aromatic N) is 3. The number of ether oxygens (including phenoxy) is 1. The zero-order chi connectivity index (χ0) is 14.9. The monoisotopic (exact) mass is 314 g/mol. The fourth-order valence-electron chi connectivity index (χ4n) is 2.72. The van der Waals surface area contributed by atoms with Gasteiger partial charge in [0.2, 0.25) is 0 Å². The quantitative estimate of drug-likeness (QED) is 0.790. The molecule has 1 unspecified atom stereocenters. The Labute approximate surface area is 132 Å². The van der Waals surface area contributed by atoms with E-state index in [0.29, 0.717) is 11.6 Å². The Morgan fingerprint density at radius 3 is 3.05 bits per heavy atom. The summed E-state index contributed by atoms with van der Waals surface area (Å²) in [5.41, 5.74) is 4.00. The van der Waals surface area contributed by atoms with Crippen LogP contribution < -0.4 is 5.32 Å². The van der Waals surface area contributed by atoms with E-state index in [1.165, 1.54) is 0 Å². The minimum atomic E-state index is 0.177. The number of hydrogen-bond donors (Lipinski definition) is 1. The second-order valence-corrected chi connectivity index (χ2v) is 5.79. The molecule has 1 aliphatic heterocycles. The van der Waals surface area contributed by atoms with Crippen LogP contribution in [0.5, 0.6) is 0 Å². The smallest absolute Gasteiger partial charge is 0.156 e. The lowest BCUT2D eigenvalue weighted by atomic mass is 10.0.